The Morgan fingerprint density at radius 2 is 1.62 bits per heavy atom. The summed E-state index contributed by atoms with van der Waals surface area (Å²) in [5.41, 5.74) is 3.18. The van der Waals surface area contributed by atoms with Crippen molar-refractivity contribution in [2.24, 2.45) is 0 Å². The Labute approximate surface area is 166 Å². The molecule has 0 fully saturated rings. The van der Waals surface area contributed by atoms with E-state index in [-0.39, 0.29) is 16.0 Å². The van der Waals surface area contributed by atoms with Crippen LogP contribution in [0.5, 0.6) is 0 Å². The number of hydrogen-bond acceptors (Lipinski definition) is 5. The number of amides is 1. The smallest absolute Gasteiger partial charge is 0.372 e. The average molecular weight is 398 g/mol. The van der Waals surface area contributed by atoms with Gasteiger partial charge in [-0.3, -0.25) is 4.79 Å². The minimum Gasteiger partial charge on any atom is -0.458 e. The van der Waals surface area contributed by atoms with Gasteiger partial charge in [-0.15, -0.1) is 0 Å². The van der Waals surface area contributed by atoms with Gasteiger partial charge in [-0.05, 0) is 80.2 Å². The Balaban J connectivity index is 3.45. The van der Waals surface area contributed by atoms with E-state index in [4.69, 9.17) is 4.74 Å². The molecular formula is C20H31NO3S2. The molecule has 146 valence electrons. The molecule has 0 radical (unpaired) electrons. The monoisotopic (exact) mass is 397 g/mol. The summed E-state index contributed by atoms with van der Waals surface area (Å²) >= 11 is 2.29. The van der Waals surface area contributed by atoms with Gasteiger partial charge in [-0.25, -0.2) is 4.79 Å². The predicted molar refractivity (Wildman–Crippen MR) is 112 cm³/mol. The highest BCUT2D eigenvalue weighted by molar-refractivity contribution is 8.16. The first-order valence-electron chi connectivity index (χ1n) is 9.02. The number of aryl methyl sites for hydroxylation is 1. The summed E-state index contributed by atoms with van der Waals surface area (Å²) in [6.07, 6.45) is 0. The van der Waals surface area contributed by atoms with Crippen molar-refractivity contribution < 1.29 is 14.3 Å². The van der Waals surface area contributed by atoms with E-state index in [2.05, 4.69) is 26.8 Å². The largest absolute Gasteiger partial charge is 0.458 e. The van der Waals surface area contributed by atoms with Crippen molar-refractivity contribution in [2.45, 2.75) is 70.6 Å². The van der Waals surface area contributed by atoms with Crippen LogP contribution in [0.3, 0.4) is 0 Å². The fourth-order valence-corrected chi connectivity index (χ4v) is 4.89. The molecule has 4 nitrogen and oxygen atoms in total. The number of hydrogen-bond donors (Lipinski definition) is 0. The second-order valence-electron chi connectivity index (χ2n) is 7.10. The van der Waals surface area contributed by atoms with Crippen molar-refractivity contribution in [1.82, 2.24) is 4.90 Å². The minimum absolute atomic E-state index is 0.00622. The van der Waals surface area contributed by atoms with Crippen LogP contribution in [0.1, 0.15) is 58.2 Å². The lowest BCUT2D eigenvalue weighted by atomic mass is 9.83. The number of carbonyl (C=O) groups excluding carboxylic acids is 2. The zero-order chi connectivity index (χ0) is 20.1. The quantitative estimate of drug-likeness (QED) is 0.425. The third-order valence-electron chi connectivity index (χ3n) is 4.14. The summed E-state index contributed by atoms with van der Waals surface area (Å²) in [4.78, 5) is 28.3. The molecular weight excluding hydrogens is 366 g/mol. The molecule has 0 atom stereocenters. The fourth-order valence-electron chi connectivity index (χ4n) is 2.76. The van der Waals surface area contributed by atoms with Crippen LogP contribution in [0.15, 0.2) is 15.9 Å². The summed E-state index contributed by atoms with van der Waals surface area (Å²) in [5, 5.41) is -0.329. The Morgan fingerprint density at radius 3 is 2.08 bits per heavy atom. The molecule has 0 aliphatic heterocycles. The highest BCUT2D eigenvalue weighted by Crippen LogP contribution is 2.42. The van der Waals surface area contributed by atoms with E-state index in [1.165, 1.54) is 17.3 Å². The Morgan fingerprint density at radius 1 is 1.04 bits per heavy atom. The zero-order valence-corrected chi connectivity index (χ0v) is 18.8. The molecule has 0 aromatic heterocycles. The molecule has 0 aliphatic rings. The highest BCUT2D eigenvalue weighted by atomic mass is 32.2. The van der Waals surface area contributed by atoms with Gasteiger partial charge in [0.25, 0.3) is 5.24 Å². The zero-order valence-electron chi connectivity index (χ0n) is 17.2. The number of rotatable bonds is 5. The molecule has 6 heteroatoms. The first-order chi connectivity index (χ1) is 12.1. The van der Waals surface area contributed by atoms with Crippen LogP contribution < -0.4 is 0 Å². The Bertz CT molecular complexity index is 662. The lowest BCUT2D eigenvalue weighted by Gasteiger charge is -2.26. The average Bonchev–Trinajstić information content (AvgIpc) is 2.54. The molecule has 1 amide bonds. The molecule has 0 N–H and O–H groups in total. The third-order valence-corrected chi connectivity index (χ3v) is 6.43. The normalized spacial score (nSPS) is 11.4. The van der Waals surface area contributed by atoms with E-state index in [0.29, 0.717) is 19.7 Å². The fraction of sp³-hybridized carbons (Fsp3) is 0.600. The maximum Gasteiger partial charge on any atom is 0.372 e. The van der Waals surface area contributed by atoms with Crippen molar-refractivity contribution in [3.63, 3.8) is 0 Å². The molecule has 1 aromatic rings. The van der Waals surface area contributed by atoms with Gasteiger partial charge in [0.1, 0.15) is 0 Å². The van der Waals surface area contributed by atoms with Crippen LogP contribution in [-0.4, -0.2) is 35.1 Å². The number of thioether (sulfide) groups is 2. The van der Waals surface area contributed by atoms with Crippen molar-refractivity contribution in [2.75, 3.05) is 19.7 Å². The van der Waals surface area contributed by atoms with Gasteiger partial charge in [-0.1, -0.05) is 26.8 Å². The van der Waals surface area contributed by atoms with Crippen molar-refractivity contribution in [3.8, 4) is 0 Å². The SMILES string of the molecule is CCOC(=O)Sc1c(C)c(C(C)(C)C)cc(C)c1SC(=O)N(CC)CC. The van der Waals surface area contributed by atoms with Gasteiger partial charge in [0.05, 0.1) is 6.61 Å². The summed E-state index contributed by atoms with van der Waals surface area (Å²) in [6.45, 7) is 17.9. The lowest BCUT2D eigenvalue weighted by Crippen LogP contribution is -2.27. The maximum absolute atomic E-state index is 12.6. The van der Waals surface area contributed by atoms with Gasteiger partial charge in [0.2, 0.25) is 0 Å². The molecule has 1 rings (SSSR count). The van der Waals surface area contributed by atoms with Crippen LogP contribution in [0.4, 0.5) is 9.59 Å². The molecule has 0 bridgehead atoms. The second kappa shape index (κ2) is 9.70. The van der Waals surface area contributed by atoms with Gasteiger partial charge >= 0.3 is 5.30 Å². The molecule has 0 aliphatic carbocycles. The van der Waals surface area contributed by atoms with Crippen LogP contribution in [0.25, 0.3) is 0 Å². The van der Waals surface area contributed by atoms with Crippen molar-refractivity contribution in [1.29, 1.82) is 0 Å². The number of ether oxygens (including phenoxy) is 1. The summed E-state index contributed by atoms with van der Waals surface area (Å²) in [7, 11) is 0. The van der Waals surface area contributed by atoms with Gasteiger partial charge in [0, 0.05) is 22.9 Å². The van der Waals surface area contributed by atoms with E-state index < -0.39 is 0 Å². The number of benzene rings is 1. The number of nitrogens with zero attached hydrogens (tertiary/aromatic N) is 1. The van der Waals surface area contributed by atoms with E-state index in [1.807, 2.05) is 27.7 Å². The summed E-state index contributed by atoms with van der Waals surface area (Å²) in [6, 6.07) is 2.14. The Hall–Kier alpha value is -1.14. The van der Waals surface area contributed by atoms with Crippen molar-refractivity contribution >= 4 is 34.1 Å². The molecule has 0 saturated heterocycles. The predicted octanol–water partition coefficient (Wildman–Crippen LogP) is 6.40. The molecule has 0 unspecified atom stereocenters. The van der Waals surface area contributed by atoms with Gasteiger partial charge in [-0.2, -0.15) is 0 Å². The maximum atomic E-state index is 12.6. The molecule has 1 aromatic carbocycles. The summed E-state index contributed by atoms with van der Waals surface area (Å²) < 4.78 is 5.14. The standard InChI is InChI=1S/C20H31NO3S2/c1-9-21(10-2)18(22)25-16-13(4)12-15(20(6,7)8)14(5)17(16)26-19(23)24-11-3/h12H,9-11H2,1-8H3. The highest BCUT2D eigenvalue weighted by Gasteiger charge is 2.26. The lowest BCUT2D eigenvalue weighted by molar-refractivity contribution is 0.181. The van der Waals surface area contributed by atoms with Crippen LogP contribution in [-0.2, 0) is 10.2 Å². The topological polar surface area (TPSA) is 46.6 Å². The van der Waals surface area contributed by atoms with Crippen molar-refractivity contribution in [3.05, 3.63) is 22.8 Å². The third kappa shape index (κ3) is 5.68. The van der Waals surface area contributed by atoms with Crippen LogP contribution in [0.2, 0.25) is 0 Å². The first-order valence-corrected chi connectivity index (χ1v) is 10.7. The second-order valence-corrected chi connectivity index (χ2v) is 9.01. The number of carbonyl (C=O) groups is 2. The van der Waals surface area contributed by atoms with Crippen LogP contribution in [0, 0.1) is 13.8 Å². The summed E-state index contributed by atoms with van der Waals surface area (Å²) in [5.74, 6) is 0. The molecule has 26 heavy (non-hydrogen) atoms. The van der Waals surface area contributed by atoms with E-state index in [0.717, 1.165) is 32.7 Å². The van der Waals surface area contributed by atoms with Crippen LogP contribution >= 0.6 is 23.5 Å². The van der Waals surface area contributed by atoms with E-state index >= 15 is 0 Å². The first kappa shape index (κ1) is 22.9. The molecule has 0 heterocycles. The molecule has 0 spiro atoms. The molecule has 0 saturated carbocycles. The Kier molecular flexibility index (Phi) is 8.54. The van der Waals surface area contributed by atoms with Gasteiger partial charge in [0.15, 0.2) is 0 Å². The minimum atomic E-state index is -0.335. The van der Waals surface area contributed by atoms with Gasteiger partial charge < -0.3 is 9.64 Å². The van der Waals surface area contributed by atoms with E-state index in [9.17, 15) is 9.59 Å². The van der Waals surface area contributed by atoms with E-state index in [1.54, 1.807) is 11.8 Å².